The van der Waals surface area contributed by atoms with Gasteiger partial charge < -0.3 is 11.1 Å². The first-order valence-corrected chi connectivity index (χ1v) is 6.70. The molecule has 0 spiro atoms. The lowest BCUT2D eigenvalue weighted by Crippen LogP contribution is -2.32. The van der Waals surface area contributed by atoms with Crippen LogP contribution in [0.5, 0.6) is 0 Å². The van der Waals surface area contributed by atoms with E-state index in [-0.39, 0.29) is 0 Å². The topological polar surface area (TPSA) is 50.9 Å². The number of unbranched alkanes of at least 4 members (excludes halogenated alkanes) is 1. The van der Waals surface area contributed by atoms with Crippen LogP contribution in [0.3, 0.4) is 0 Å². The Hall–Kier alpha value is -1.09. The number of nitrogens with zero attached hydrogens (tertiary/aromatic N) is 1. The molecule has 1 heterocycles. The Balaban J connectivity index is 2.55. The van der Waals surface area contributed by atoms with E-state index in [0.29, 0.717) is 11.9 Å². The molecule has 1 aromatic heterocycles. The predicted molar refractivity (Wildman–Crippen MR) is 74.0 cm³/mol. The number of nitrogen functional groups attached to an aromatic ring is 1. The molecule has 0 aromatic carbocycles. The van der Waals surface area contributed by atoms with Crippen LogP contribution >= 0.6 is 0 Å². The molecule has 0 aliphatic heterocycles. The van der Waals surface area contributed by atoms with Crippen molar-refractivity contribution in [2.24, 2.45) is 0 Å². The number of nitrogens with two attached hydrogens (primary N) is 1. The summed E-state index contributed by atoms with van der Waals surface area (Å²) in [6.07, 6.45) is 7.63. The molecular formula is C14H25N3. The van der Waals surface area contributed by atoms with Crippen molar-refractivity contribution in [3.05, 3.63) is 23.9 Å². The molecular weight excluding hydrogens is 210 g/mol. The lowest BCUT2D eigenvalue weighted by atomic mass is 10.0. The van der Waals surface area contributed by atoms with Crippen molar-refractivity contribution in [2.45, 2.75) is 52.0 Å². The van der Waals surface area contributed by atoms with Crippen LogP contribution in [0.2, 0.25) is 0 Å². The molecule has 0 fully saturated rings. The van der Waals surface area contributed by atoms with Gasteiger partial charge in [0.1, 0.15) is 5.82 Å². The normalized spacial score (nSPS) is 12.6. The fraction of sp³-hybridized carbons (Fsp3) is 0.643. The van der Waals surface area contributed by atoms with Gasteiger partial charge in [-0.15, -0.1) is 0 Å². The van der Waals surface area contributed by atoms with E-state index in [1.807, 2.05) is 6.07 Å². The maximum Gasteiger partial charge on any atom is 0.126 e. The minimum atomic E-state index is 0.529. The van der Waals surface area contributed by atoms with Crippen LogP contribution in [0.4, 0.5) is 5.82 Å². The second-order valence-electron chi connectivity index (χ2n) is 4.55. The standard InChI is InChI=1S/C14H25N3/c1-3-5-8-13(16-9-4-2)11-12-7-6-10-17-14(12)15/h6-7,10,13,16H,3-5,8-9,11H2,1-2H3,(H2,15,17). The highest BCUT2D eigenvalue weighted by atomic mass is 14.9. The van der Waals surface area contributed by atoms with Crippen LogP contribution in [-0.2, 0) is 6.42 Å². The Kier molecular flexibility index (Phi) is 6.63. The molecule has 0 aliphatic carbocycles. The van der Waals surface area contributed by atoms with Gasteiger partial charge in [-0.05, 0) is 37.4 Å². The minimum Gasteiger partial charge on any atom is -0.383 e. The number of nitrogens with one attached hydrogen (secondary N) is 1. The van der Waals surface area contributed by atoms with Crippen LogP contribution in [0, 0.1) is 0 Å². The lowest BCUT2D eigenvalue weighted by Gasteiger charge is -2.18. The third-order valence-electron chi connectivity index (χ3n) is 2.98. The highest BCUT2D eigenvalue weighted by Crippen LogP contribution is 2.13. The third kappa shape index (κ3) is 5.18. The zero-order valence-electron chi connectivity index (χ0n) is 11.1. The van der Waals surface area contributed by atoms with E-state index in [4.69, 9.17) is 5.73 Å². The smallest absolute Gasteiger partial charge is 0.126 e. The number of hydrogen-bond acceptors (Lipinski definition) is 3. The maximum absolute atomic E-state index is 5.89. The molecule has 3 heteroatoms. The van der Waals surface area contributed by atoms with Gasteiger partial charge in [-0.1, -0.05) is 32.8 Å². The summed E-state index contributed by atoms with van der Waals surface area (Å²) >= 11 is 0. The lowest BCUT2D eigenvalue weighted by molar-refractivity contribution is 0.462. The van der Waals surface area contributed by atoms with Crippen molar-refractivity contribution in [3.8, 4) is 0 Å². The van der Waals surface area contributed by atoms with Crippen molar-refractivity contribution >= 4 is 5.82 Å². The zero-order valence-corrected chi connectivity index (χ0v) is 11.1. The molecule has 1 aromatic rings. The van der Waals surface area contributed by atoms with Gasteiger partial charge in [0.05, 0.1) is 0 Å². The SMILES string of the molecule is CCCCC(Cc1cccnc1N)NCCC. The Morgan fingerprint density at radius 1 is 1.35 bits per heavy atom. The summed E-state index contributed by atoms with van der Waals surface area (Å²) in [6, 6.07) is 4.57. The van der Waals surface area contributed by atoms with Gasteiger partial charge in [0, 0.05) is 12.2 Å². The van der Waals surface area contributed by atoms with E-state index >= 15 is 0 Å². The van der Waals surface area contributed by atoms with Gasteiger partial charge in [-0.3, -0.25) is 0 Å². The molecule has 0 bridgehead atoms. The van der Waals surface area contributed by atoms with Gasteiger partial charge in [0.15, 0.2) is 0 Å². The molecule has 1 atom stereocenters. The first-order chi connectivity index (χ1) is 8.27. The Bertz CT molecular complexity index is 304. The molecule has 96 valence electrons. The molecule has 0 amide bonds. The summed E-state index contributed by atoms with van der Waals surface area (Å²) in [5.41, 5.74) is 7.05. The summed E-state index contributed by atoms with van der Waals surface area (Å²) < 4.78 is 0. The molecule has 0 radical (unpaired) electrons. The number of hydrogen-bond donors (Lipinski definition) is 2. The van der Waals surface area contributed by atoms with E-state index in [1.165, 1.54) is 25.7 Å². The maximum atomic E-state index is 5.89. The van der Waals surface area contributed by atoms with Crippen LogP contribution in [0.25, 0.3) is 0 Å². The predicted octanol–water partition coefficient (Wildman–Crippen LogP) is 2.76. The highest BCUT2D eigenvalue weighted by molar-refractivity contribution is 5.38. The fourth-order valence-corrected chi connectivity index (χ4v) is 1.96. The summed E-state index contributed by atoms with van der Waals surface area (Å²) in [5.74, 6) is 0.673. The number of pyridine rings is 1. The summed E-state index contributed by atoms with van der Waals surface area (Å²) in [4.78, 5) is 4.14. The van der Waals surface area contributed by atoms with Crippen LogP contribution in [0.15, 0.2) is 18.3 Å². The quantitative estimate of drug-likeness (QED) is 0.728. The molecule has 3 nitrogen and oxygen atoms in total. The average Bonchev–Trinajstić information content (AvgIpc) is 2.35. The van der Waals surface area contributed by atoms with Crippen molar-refractivity contribution in [1.82, 2.24) is 10.3 Å². The first-order valence-electron chi connectivity index (χ1n) is 6.70. The van der Waals surface area contributed by atoms with E-state index in [0.717, 1.165) is 18.5 Å². The van der Waals surface area contributed by atoms with Crippen molar-refractivity contribution in [2.75, 3.05) is 12.3 Å². The zero-order chi connectivity index (χ0) is 12.5. The molecule has 1 unspecified atom stereocenters. The van der Waals surface area contributed by atoms with Gasteiger partial charge in [0.25, 0.3) is 0 Å². The monoisotopic (exact) mass is 235 g/mol. The number of anilines is 1. The second kappa shape index (κ2) is 8.07. The van der Waals surface area contributed by atoms with Gasteiger partial charge in [0.2, 0.25) is 0 Å². The Morgan fingerprint density at radius 2 is 2.18 bits per heavy atom. The summed E-state index contributed by atoms with van der Waals surface area (Å²) in [5, 5.41) is 3.60. The first kappa shape index (κ1) is 14.0. The van der Waals surface area contributed by atoms with Gasteiger partial charge >= 0.3 is 0 Å². The van der Waals surface area contributed by atoms with E-state index < -0.39 is 0 Å². The van der Waals surface area contributed by atoms with E-state index in [9.17, 15) is 0 Å². The molecule has 17 heavy (non-hydrogen) atoms. The molecule has 0 saturated carbocycles. The molecule has 3 N–H and O–H groups in total. The van der Waals surface area contributed by atoms with Crippen LogP contribution in [-0.4, -0.2) is 17.6 Å². The Morgan fingerprint density at radius 3 is 2.82 bits per heavy atom. The largest absolute Gasteiger partial charge is 0.383 e. The van der Waals surface area contributed by atoms with Gasteiger partial charge in [-0.25, -0.2) is 4.98 Å². The van der Waals surface area contributed by atoms with Crippen molar-refractivity contribution in [3.63, 3.8) is 0 Å². The Labute approximate surface area is 105 Å². The fourth-order valence-electron chi connectivity index (χ4n) is 1.96. The number of aromatic nitrogens is 1. The van der Waals surface area contributed by atoms with Crippen LogP contribution < -0.4 is 11.1 Å². The molecule has 0 aliphatic rings. The van der Waals surface area contributed by atoms with E-state index in [1.54, 1.807) is 6.20 Å². The van der Waals surface area contributed by atoms with Crippen LogP contribution in [0.1, 0.15) is 45.1 Å². The van der Waals surface area contributed by atoms with E-state index in [2.05, 4.69) is 30.2 Å². The summed E-state index contributed by atoms with van der Waals surface area (Å²) in [6.45, 7) is 5.51. The van der Waals surface area contributed by atoms with Crippen molar-refractivity contribution in [1.29, 1.82) is 0 Å². The van der Waals surface area contributed by atoms with Gasteiger partial charge in [-0.2, -0.15) is 0 Å². The minimum absolute atomic E-state index is 0.529. The molecule has 0 saturated heterocycles. The summed E-state index contributed by atoms with van der Waals surface area (Å²) in [7, 11) is 0. The van der Waals surface area contributed by atoms with Crippen molar-refractivity contribution < 1.29 is 0 Å². The highest BCUT2D eigenvalue weighted by Gasteiger charge is 2.10. The third-order valence-corrected chi connectivity index (χ3v) is 2.98. The number of rotatable bonds is 8. The molecule has 1 rings (SSSR count). The average molecular weight is 235 g/mol. The second-order valence-corrected chi connectivity index (χ2v) is 4.55.